The number of fused-ring (bicyclic) bond motifs is 1. The number of rotatable bonds is 3. The van der Waals surface area contributed by atoms with Crippen LogP contribution in [0.15, 0.2) is 48.5 Å². The average molecular weight is 478 g/mol. The summed E-state index contributed by atoms with van der Waals surface area (Å²) in [4.78, 5) is 22.2. The molecular weight excluding hydrogens is 459 g/mol. The predicted octanol–water partition coefficient (Wildman–Crippen LogP) is 5.90. The number of urea groups is 1. The third-order valence-electron chi connectivity index (χ3n) is 5.02. The zero-order valence-electron chi connectivity index (χ0n) is 17.2. The van der Waals surface area contributed by atoms with Gasteiger partial charge in [-0.1, -0.05) is 17.7 Å². The molecule has 2 amide bonds. The second-order valence-electron chi connectivity index (χ2n) is 7.40. The smallest absolute Gasteiger partial charge is 0.416 e. The molecular formula is C22H19ClF3N5O2. The fourth-order valence-corrected chi connectivity index (χ4v) is 3.74. The van der Waals surface area contributed by atoms with Gasteiger partial charge in [0.15, 0.2) is 0 Å². The predicted molar refractivity (Wildman–Crippen MR) is 119 cm³/mol. The highest BCUT2D eigenvalue weighted by Crippen LogP contribution is 2.33. The number of aryl methyl sites for hydroxylation is 1. The van der Waals surface area contributed by atoms with E-state index in [9.17, 15) is 18.0 Å². The molecule has 0 fully saturated rings. The molecule has 0 unspecified atom stereocenters. The van der Waals surface area contributed by atoms with Crippen molar-refractivity contribution in [3.63, 3.8) is 0 Å². The van der Waals surface area contributed by atoms with Gasteiger partial charge in [-0.3, -0.25) is 4.90 Å². The van der Waals surface area contributed by atoms with Gasteiger partial charge in [-0.2, -0.15) is 18.2 Å². The van der Waals surface area contributed by atoms with Crippen molar-refractivity contribution in [1.82, 2.24) is 9.97 Å². The largest absolute Gasteiger partial charge is 0.439 e. The first kappa shape index (κ1) is 22.7. The average Bonchev–Trinajstić information content (AvgIpc) is 2.95. The number of halogens is 4. The van der Waals surface area contributed by atoms with Crippen LogP contribution in [0.4, 0.5) is 35.3 Å². The molecule has 3 N–H and O–H groups in total. The van der Waals surface area contributed by atoms with E-state index in [0.717, 1.165) is 30.5 Å². The van der Waals surface area contributed by atoms with Crippen molar-refractivity contribution in [2.75, 3.05) is 22.5 Å². The molecule has 1 aliphatic heterocycles. The summed E-state index contributed by atoms with van der Waals surface area (Å²) in [5.74, 6) is 0.632. The second-order valence-corrected chi connectivity index (χ2v) is 7.78. The lowest BCUT2D eigenvalue weighted by Gasteiger charge is -2.24. The Kier molecular flexibility index (Phi) is 6.28. The van der Waals surface area contributed by atoms with Gasteiger partial charge in [0.2, 0.25) is 11.8 Å². The van der Waals surface area contributed by atoms with E-state index in [1.165, 1.54) is 23.1 Å². The molecule has 1 aliphatic rings. The highest BCUT2D eigenvalue weighted by atomic mass is 35.5. The first-order valence-electron chi connectivity index (χ1n) is 10.1. The number of anilines is 3. The third-order valence-corrected chi connectivity index (χ3v) is 5.21. The summed E-state index contributed by atoms with van der Waals surface area (Å²) < 4.78 is 44.7. The summed E-state index contributed by atoms with van der Waals surface area (Å²) >= 11 is 5.88. The number of alkyl halides is 3. The second kappa shape index (κ2) is 9.14. The number of nitrogens with zero attached hydrogens (tertiary/aromatic N) is 3. The molecule has 33 heavy (non-hydrogen) atoms. The van der Waals surface area contributed by atoms with Crippen molar-refractivity contribution in [2.24, 2.45) is 0 Å². The van der Waals surface area contributed by atoms with E-state index in [-0.39, 0.29) is 22.7 Å². The van der Waals surface area contributed by atoms with Crippen LogP contribution in [0.2, 0.25) is 5.15 Å². The van der Waals surface area contributed by atoms with Crippen molar-refractivity contribution in [3.05, 3.63) is 64.8 Å². The third kappa shape index (κ3) is 5.46. The number of nitrogens with one attached hydrogen (secondary N) is 1. The van der Waals surface area contributed by atoms with Gasteiger partial charge >= 0.3 is 12.2 Å². The number of aromatic nitrogens is 2. The van der Waals surface area contributed by atoms with E-state index in [1.54, 1.807) is 18.2 Å². The summed E-state index contributed by atoms with van der Waals surface area (Å²) in [6.45, 7) is 0.427. The van der Waals surface area contributed by atoms with Crippen molar-refractivity contribution >= 4 is 35.0 Å². The molecule has 0 spiro atoms. The Morgan fingerprint density at radius 3 is 2.70 bits per heavy atom. The van der Waals surface area contributed by atoms with E-state index >= 15 is 0 Å². The molecule has 0 atom stereocenters. The molecule has 1 aromatic heterocycles. The lowest BCUT2D eigenvalue weighted by molar-refractivity contribution is -0.137. The number of hydrogen-bond donors (Lipinski definition) is 2. The van der Waals surface area contributed by atoms with Crippen LogP contribution in [0.3, 0.4) is 0 Å². The van der Waals surface area contributed by atoms with Gasteiger partial charge in [-0.25, -0.2) is 9.78 Å². The zero-order chi connectivity index (χ0) is 23.6. The van der Waals surface area contributed by atoms with E-state index in [1.807, 2.05) is 0 Å². The van der Waals surface area contributed by atoms with Crippen LogP contribution in [-0.4, -0.2) is 22.5 Å². The Bertz CT molecular complexity index is 1170. The number of carbonyl (C=O) groups is 1. The first-order valence-corrected chi connectivity index (χ1v) is 10.4. The number of nitrogens with two attached hydrogens (primary N) is 1. The van der Waals surface area contributed by atoms with E-state index in [0.29, 0.717) is 24.4 Å². The molecule has 172 valence electrons. The number of carbonyl (C=O) groups excluding carboxylic acids is 1. The topological polar surface area (TPSA) is 93.4 Å². The fraction of sp³-hybridized carbons (Fsp3) is 0.227. The minimum Gasteiger partial charge on any atom is -0.439 e. The van der Waals surface area contributed by atoms with Crippen molar-refractivity contribution in [1.29, 1.82) is 0 Å². The Morgan fingerprint density at radius 1 is 1.12 bits per heavy atom. The maximum Gasteiger partial charge on any atom is 0.416 e. The SMILES string of the molecule is Nc1nc(Cl)cc(Oc2ccc3c(c2)CCCCN3C(=O)Nc2cccc(C(F)(F)F)c2)n1. The highest BCUT2D eigenvalue weighted by molar-refractivity contribution is 6.29. The summed E-state index contributed by atoms with van der Waals surface area (Å²) in [7, 11) is 0. The molecule has 11 heteroatoms. The molecule has 4 rings (SSSR count). The van der Waals surface area contributed by atoms with Gasteiger partial charge in [0.1, 0.15) is 10.9 Å². The Balaban J connectivity index is 1.56. The number of nitrogen functional groups attached to an aromatic ring is 1. The van der Waals surface area contributed by atoms with E-state index in [4.69, 9.17) is 22.1 Å². The number of ether oxygens (including phenoxy) is 1. The fourth-order valence-electron chi connectivity index (χ4n) is 3.56. The quantitative estimate of drug-likeness (QED) is 0.458. The van der Waals surface area contributed by atoms with Gasteiger partial charge in [0.05, 0.1) is 5.56 Å². The number of hydrogen-bond acceptors (Lipinski definition) is 5. The van der Waals surface area contributed by atoms with Gasteiger partial charge in [-0.15, -0.1) is 0 Å². The zero-order valence-corrected chi connectivity index (χ0v) is 18.0. The molecule has 2 aromatic carbocycles. The van der Waals surface area contributed by atoms with Crippen molar-refractivity contribution in [2.45, 2.75) is 25.4 Å². The molecule has 0 aliphatic carbocycles. The maximum absolute atomic E-state index is 13.0. The molecule has 0 saturated carbocycles. The summed E-state index contributed by atoms with van der Waals surface area (Å²) in [6, 6.07) is 10.6. The number of benzene rings is 2. The van der Waals surface area contributed by atoms with Crippen LogP contribution in [-0.2, 0) is 12.6 Å². The molecule has 7 nitrogen and oxygen atoms in total. The standard InChI is InChI=1S/C22H19ClF3N5O2/c23-18-12-19(30-20(27)29-18)33-16-7-8-17-13(10-16)4-1-2-9-31(17)21(32)28-15-6-3-5-14(11-15)22(24,25)26/h3,5-8,10-12H,1-2,4,9H2,(H,28,32)(H2,27,29,30). The maximum atomic E-state index is 13.0. The van der Waals surface area contributed by atoms with Gasteiger partial charge in [0.25, 0.3) is 0 Å². The number of amides is 2. The lowest BCUT2D eigenvalue weighted by atomic mass is 10.1. The van der Waals surface area contributed by atoms with Crippen molar-refractivity contribution in [3.8, 4) is 11.6 Å². The summed E-state index contributed by atoms with van der Waals surface area (Å²) in [5, 5.41) is 2.71. The summed E-state index contributed by atoms with van der Waals surface area (Å²) in [5.41, 5.74) is 6.35. The van der Waals surface area contributed by atoms with Crippen LogP contribution >= 0.6 is 11.6 Å². The molecule has 0 bridgehead atoms. The highest BCUT2D eigenvalue weighted by Gasteiger charge is 2.31. The van der Waals surface area contributed by atoms with Crippen LogP contribution in [0.25, 0.3) is 0 Å². The first-order chi connectivity index (χ1) is 15.7. The van der Waals surface area contributed by atoms with Gasteiger partial charge in [0, 0.05) is 24.0 Å². The molecule has 0 saturated heterocycles. The monoisotopic (exact) mass is 477 g/mol. The normalized spacial score (nSPS) is 13.8. The van der Waals surface area contributed by atoms with E-state index < -0.39 is 17.8 Å². The molecule has 0 radical (unpaired) electrons. The Labute approximate surface area is 192 Å². The minimum atomic E-state index is -4.50. The van der Waals surface area contributed by atoms with Crippen LogP contribution in [0, 0.1) is 0 Å². The van der Waals surface area contributed by atoms with Crippen LogP contribution in [0.5, 0.6) is 11.6 Å². The Morgan fingerprint density at radius 2 is 1.94 bits per heavy atom. The van der Waals surface area contributed by atoms with Crippen molar-refractivity contribution < 1.29 is 22.7 Å². The summed E-state index contributed by atoms with van der Waals surface area (Å²) in [6.07, 6.45) is -2.23. The van der Waals surface area contributed by atoms with Gasteiger partial charge < -0.3 is 15.8 Å². The molecule has 2 heterocycles. The van der Waals surface area contributed by atoms with Gasteiger partial charge in [-0.05, 0) is 61.2 Å². The van der Waals surface area contributed by atoms with Crippen LogP contribution < -0.4 is 20.7 Å². The molecule has 3 aromatic rings. The lowest BCUT2D eigenvalue weighted by Crippen LogP contribution is -2.35. The van der Waals surface area contributed by atoms with E-state index in [2.05, 4.69) is 15.3 Å². The Hall–Kier alpha value is -3.53. The van der Waals surface area contributed by atoms with Crippen LogP contribution in [0.1, 0.15) is 24.0 Å². The minimum absolute atomic E-state index is 0.0234.